The molecule has 4 nitrogen and oxygen atoms in total. The number of hydrogen-bond acceptors (Lipinski definition) is 3. The first kappa shape index (κ1) is 11.9. The van der Waals surface area contributed by atoms with Crippen molar-refractivity contribution in [3.8, 4) is 0 Å². The van der Waals surface area contributed by atoms with Crippen LogP contribution in [0.2, 0.25) is 0 Å². The highest BCUT2D eigenvalue weighted by Crippen LogP contribution is 2.28. The van der Waals surface area contributed by atoms with E-state index in [1.807, 2.05) is 35.2 Å². The molecule has 1 amide bonds. The van der Waals surface area contributed by atoms with Gasteiger partial charge in [-0.2, -0.15) is 0 Å². The highest BCUT2D eigenvalue weighted by molar-refractivity contribution is 6.06. The molecule has 0 spiro atoms. The zero-order valence-corrected chi connectivity index (χ0v) is 11.2. The summed E-state index contributed by atoms with van der Waals surface area (Å²) in [6.45, 7) is 3.86. The molecule has 2 aliphatic heterocycles. The van der Waals surface area contributed by atoms with E-state index in [0.717, 1.165) is 42.6 Å². The molecule has 1 aromatic heterocycles. The fourth-order valence-electron chi connectivity index (χ4n) is 3.47. The lowest BCUT2D eigenvalue weighted by atomic mass is 10.0. The molecule has 2 aromatic rings. The lowest BCUT2D eigenvalue weighted by Crippen LogP contribution is -2.32. The molecule has 102 valence electrons. The molecule has 0 saturated carbocycles. The molecule has 2 aliphatic rings. The van der Waals surface area contributed by atoms with Gasteiger partial charge in [0.1, 0.15) is 0 Å². The fraction of sp³-hybridized carbons (Fsp3) is 0.375. The van der Waals surface area contributed by atoms with Gasteiger partial charge in [0.2, 0.25) is 0 Å². The number of likely N-dealkylation sites (tertiary alicyclic amines) is 1. The molecule has 2 fully saturated rings. The maximum absolute atomic E-state index is 12.8. The van der Waals surface area contributed by atoms with Crippen molar-refractivity contribution in [3.63, 3.8) is 0 Å². The average Bonchev–Trinajstić information content (AvgIpc) is 3.07. The van der Waals surface area contributed by atoms with Crippen molar-refractivity contribution in [2.24, 2.45) is 11.8 Å². The van der Waals surface area contributed by atoms with Crippen LogP contribution < -0.4 is 5.32 Å². The number of carbonyl (C=O) groups is 1. The number of carbonyl (C=O) groups excluding carboxylic acids is 1. The number of benzene rings is 1. The van der Waals surface area contributed by atoms with Gasteiger partial charge >= 0.3 is 0 Å². The van der Waals surface area contributed by atoms with Crippen LogP contribution in [-0.2, 0) is 0 Å². The number of rotatable bonds is 1. The van der Waals surface area contributed by atoms with Crippen LogP contribution in [0.5, 0.6) is 0 Å². The molecule has 2 saturated heterocycles. The van der Waals surface area contributed by atoms with Gasteiger partial charge < -0.3 is 10.2 Å². The average molecular weight is 267 g/mol. The fourth-order valence-corrected chi connectivity index (χ4v) is 3.47. The summed E-state index contributed by atoms with van der Waals surface area (Å²) in [6.07, 6.45) is 1.73. The minimum atomic E-state index is 0.151. The summed E-state index contributed by atoms with van der Waals surface area (Å²) in [6, 6.07) is 9.69. The van der Waals surface area contributed by atoms with E-state index in [4.69, 9.17) is 0 Å². The van der Waals surface area contributed by atoms with Crippen LogP contribution in [0.4, 0.5) is 0 Å². The van der Waals surface area contributed by atoms with E-state index in [1.165, 1.54) is 0 Å². The zero-order chi connectivity index (χ0) is 13.5. The van der Waals surface area contributed by atoms with Crippen LogP contribution in [-0.4, -0.2) is 42.0 Å². The number of pyridine rings is 1. The lowest BCUT2D eigenvalue weighted by Gasteiger charge is -2.18. The van der Waals surface area contributed by atoms with E-state index >= 15 is 0 Å². The van der Waals surface area contributed by atoms with Crippen LogP contribution in [0.15, 0.2) is 36.5 Å². The molecular formula is C16H17N3O. The van der Waals surface area contributed by atoms with Gasteiger partial charge in [0.25, 0.3) is 5.91 Å². The van der Waals surface area contributed by atoms with Crippen LogP contribution >= 0.6 is 0 Å². The van der Waals surface area contributed by atoms with Crippen molar-refractivity contribution < 1.29 is 4.79 Å². The van der Waals surface area contributed by atoms with Crippen molar-refractivity contribution in [2.45, 2.75) is 0 Å². The highest BCUT2D eigenvalue weighted by Gasteiger charge is 2.38. The van der Waals surface area contributed by atoms with E-state index in [-0.39, 0.29) is 5.91 Å². The molecule has 2 atom stereocenters. The van der Waals surface area contributed by atoms with Gasteiger partial charge in [0, 0.05) is 37.8 Å². The Hall–Kier alpha value is -1.94. The smallest absolute Gasteiger partial charge is 0.254 e. The number of para-hydroxylation sites is 1. The Morgan fingerprint density at radius 2 is 1.90 bits per heavy atom. The maximum atomic E-state index is 12.8. The molecule has 1 N–H and O–H groups in total. The second kappa shape index (κ2) is 4.56. The van der Waals surface area contributed by atoms with Crippen molar-refractivity contribution in [2.75, 3.05) is 26.2 Å². The van der Waals surface area contributed by atoms with E-state index in [2.05, 4.69) is 10.3 Å². The standard InChI is InChI=1S/C16H17N3O/c20-16(19-9-11-7-17-8-12(11)10-19)14-5-6-18-15-4-2-1-3-13(14)15/h1-6,11-12,17H,7-10H2. The number of aromatic nitrogens is 1. The molecule has 1 aromatic carbocycles. The van der Waals surface area contributed by atoms with Crippen LogP contribution in [0.1, 0.15) is 10.4 Å². The molecule has 2 unspecified atom stereocenters. The second-order valence-electron chi connectivity index (χ2n) is 5.76. The molecular weight excluding hydrogens is 250 g/mol. The Morgan fingerprint density at radius 3 is 2.70 bits per heavy atom. The normalized spacial score (nSPS) is 25.1. The number of nitrogens with one attached hydrogen (secondary N) is 1. The van der Waals surface area contributed by atoms with Crippen molar-refractivity contribution in [1.82, 2.24) is 15.2 Å². The Morgan fingerprint density at radius 1 is 1.15 bits per heavy atom. The minimum Gasteiger partial charge on any atom is -0.338 e. The largest absolute Gasteiger partial charge is 0.338 e. The number of hydrogen-bond donors (Lipinski definition) is 1. The molecule has 20 heavy (non-hydrogen) atoms. The summed E-state index contributed by atoms with van der Waals surface area (Å²) >= 11 is 0. The highest BCUT2D eigenvalue weighted by atomic mass is 16.2. The Labute approximate surface area is 117 Å². The summed E-state index contributed by atoms with van der Waals surface area (Å²) in [5.41, 5.74) is 1.67. The third kappa shape index (κ3) is 1.79. The number of nitrogens with zero attached hydrogens (tertiary/aromatic N) is 2. The predicted molar refractivity (Wildman–Crippen MR) is 77.5 cm³/mol. The van der Waals surface area contributed by atoms with Gasteiger partial charge in [-0.3, -0.25) is 9.78 Å². The molecule has 4 heteroatoms. The zero-order valence-electron chi connectivity index (χ0n) is 11.2. The van der Waals surface area contributed by atoms with Crippen LogP contribution in [0, 0.1) is 11.8 Å². The number of fused-ring (bicyclic) bond motifs is 2. The van der Waals surface area contributed by atoms with E-state index in [1.54, 1.807) is 6.20 Å². The Kier molecular flexibility index (Phi) is 2.70. The molecule has 3 heterocycles. The number of amides is 1. The SMILES string of the molecule is O=C(c1ccnc2ccccc12)N1CC2CNCC2C1. The maximum Gasteiger partial charge on any atom is 0.254 e. The molecule has 0 bridgehead atoms. The van der Waals surface area contributed by atoms with Gasteiger partial charge in [0.15, 0.2) is 0 Å². The predicted octanol–water partition coefficient (Wildman–Crippen LogP) is 1.53. The first-order valence-electron chi connectivity index (χ1n) is 7.16. The summed E-state index contributed by atoms with van der Waals surface area (Å²) in [7, 11) is 0. The third-order valence-corrected chi connectivity index (χ3v) is 4.56. The molecule has 0 aliphatic carbocycles. The second-order valence-corrected chi connectivity index (χ2v) is 5.76. The van der Waals surface area contributed by atoms with Gasteiger partial charge in [-0.25, -0.2) is 0 Å². The van der Waals surface area contributed by atoms with E-state index < -0.39 is 0 Å². The van der Waals surface area contributed by atoms with E-state index in [0.29, 0.717) is 11.8 Å². The lowest BCUT2D eigenvalue weighted by molar-refractivity contribution is 0.0783. The van der Waals surface area contributed by atoms with Gasteiger partial charge in [-0.15, -0.1) is 0 Å². The van der Waals surface area contributed by atoms with Gasteiger partial charge in [-0.05, 0) is 24.0 Å². The Balaban J connectivity index is 1.68. The first-order chi connectivity index (χ1) is 9.83. The van der Waals surface area contributed by atoms with Crippen molar-refractivity contribution >= 4 is 16.8 Å². The third-order valence-electron chi connectivity index (χ3n) is 4.56. The summed E-state index contributed by atoms with van der Waals surface area (Å²) in [4.78, 5) is 19.1. The minimum absolute atomic E-state index is 0.151. The van der Waals surface area contributed by atoms with Crippen LogP contribution in [0.3, 0.4) is 0 Å². The summed E-state index contributed by atoms with van der Waals surface area (Å²) < 4.78 is 0. The summed E-state index contributed by atoms with van der Waals surface area (Å²) in [5.74, 6) is 1.41. The van der Waals surface area contributed by atoms with Crippen molar-refractivity contribution in [1.29, 1.82) is 0 Å². The first-order valence-corrected chi connectivity index (χ1v) is 7.16. The monoisotopic (exact) mass is 267 g/mol. The van der Waals surface area contributed by atoms with Gasteiger partial charge in [-0.1, -0.05) is 18.2 Å². The van der Waals surface area contributed by atoms with Crippen molar-refractivity contribution in [3.05, 3.63) is 42.1 Å². The summed E-state index contributed by atoms with van der Waals surface area (Å²) in [5, 5.41) is 4.36. The van der Waals surface area contributed by atoms with Crippen LogP contribution in [0.25, 0.3) is 10.9 Å². The topological polar surface area (TPSA) is 45.2 Å². The van der Waals surface area contributed by atoms with Gasteiger partial charge in [0.05, 0.1) is 11.1 Å². The molecule has 4 rings (SSSR count). The molecule has 0 radical (unpaired) electrons. The quantitative estimate of drug-likeness (QED) is 0.852. The Bertz CT molecular complexity index is 652. The van der Waals surface area contributed by atoms with E-state index in [9.17, 15) is 4.79 Å².